The lowest BCUT2D eigenvalue weighted by Crippen LogP contribution is -2.55. The van der Waals surface area contributed by atoms with Crippen LogP contribution in [-0.4, -0.2) is 49.2 Å². The van der Waals surface area contributed by atoms with Crippen molar-refractivity contribution < 1.29 is 13.9 Å². The summed E-state index contributed by atoms with van der Waals surface area (Å²) in [4.78, 5) is 15.2. The van der Waals surface area contributed by atoms with Crippen LogP contribution in [0.1, 0.15) is 30.0 Å². The molecule has 0 aliphatic carbocycles. The monoisotopic (exact) mass is 366 g/mol. The molecule has 5 nitrogen and oxygen atoms in total. The number of hydrogen-bond acceptors (Lipinski definition) is 4. The first-order valence-corrected chi connectivity index (χ1v) is 9.49. The number of furan rings is 1. The summed E-state index contributed by atoms with van der Waals surface area (Å²) in [5.41, 5.74) is 1.53. The summed E-state index contributed by atoms with van der Waals surface area (Å²) in [7, 11) is 0. The minimum absolute atomic E-state index is 0.133. The van der Waals surface area contributed by atoms with Crippen molar-refractivity contribution in [1.29, 1.82) is 0 Å². The summed E-state index contributed by atoms with van der Waals surface area (Å²) in [5, 5.41) is 6.21. The number of hydrogen-bond donors (Lipinski definition) is 1. The Kier molecular flexibility index (Phi) is 4.66. The molecule has 27 heavy (non-hydrogen) atoms. The van der Waals surface area contributed by atoms with Crippen LogP contribution >= 0.6 is 0 Å². The van der Waals surface area contributed by atoms with Gasteiger partial charge in [-0.1, -0.05) is 36.4 Å². The second kappa shape index (κ2) is 6.98. The van der Waals surface area contributed by atoms with Gasteiger partial charge in [0, 0.05) is 41.5 Å². The summed E-state index contributed by atoms with van der Waals surface area (Å²) in [6.45, 7) is 10.1. The highest BCUT2D eigenvalue weighted by molar-refractivity contribution is 6.08. The van der Waals surface area contributed by atoms with Crippen molar-refractivity contribution >= 4 is 27.6 Å². The molecule has 1 aliphatic rings. The third kappa shape index (κ3) is 3.33. The van der Waals surface area contributed by atoms with Crippen LogP contribution in [0.5, 0.6) is 0 Å². The quantitative estimate of drug-likeness (QED) is 0.764. The van der Waals surface area contributed by atoms with Gasteiger partial charge >= 0.3 is 0 Å². The van der Waals surface area contributed by atoms with E-state index in [2.05, 4.69) is 36.2 Å². The van der Waals surface area contributed by atoms with Crippen molar-refractivity contribution in [3.05, 3.63) is 47.7 Å². The maximum Gasteiger partial charge on any atom is 0.287 e. The van der Waals surface area contributed by atoms with E-state index in [1.165, 1.54) is 0 Å². The number of carbonyl (C=O) groups excluding carboxylic acids is 1. The van der Waals surface area contributed by atoms with Gasteiger partial charge in [0.15, 0.2) is 5.76 Å². The number of morpholine rings is 1. The first kappa shape index (κ1) is 18.0. The van der Waals surface area contributed by atoms with Crippen molar-refractivity contribution in [1.82, 2.24) is 10.2 Å². The average molecular weight is 366 g/mol. The molecule has 4 rings (SSSR count). The minimum Gasteiger partial charge on any atom is -0.450 e. The third-order valence-electron chi connectivity index (χ3n) is 5.58. The molecule has 0 bridgehead atoms. The van der Waals surface area contributed by atoms with E-state index in [0.29, 0.717) is 12.3 Å². The molecule has 1 aromatic heterocycles. The Morgan fingerprint density at radius 2 is 1.85 bits per heavy atom. The molecule has 5 heteroatoms. The van der Waals surface area contributed by atoms with Crippen molar-refractivity contribution in [3.8, 4) is 0 Å². The molecule has 1 aliphatic heterocycles. The van der Waals surface area contributed by atoms with Crippen LogP contribution in [-0.2, 0) is 4.74 Å². The maximum atomic E-state index is 12.9. The zero-order chi connectivity index (χ0) is 19.0. The number of aryl methyl sites for hydroxylation is 1. The van der Waals surface area contributed by atoms with E-state index in [1.807, 2.05) is 31.2 Å². The maximum absolute atomic E-state index is 12.9. The molecule has 1 amide bonds. The van der Waals surface area contributed by atoms with Crippen molar-refractivity contribution in [2.45, 2.75) is 26.3 Å². The van der Waals surface area contributed by atoms with Crippen molar-refractivity contribution in [2.75, 3.05) is 32.8 Å². The zero-order valence-electron chi connectivity index (χ0n) is 16.2. The summed E-state index contributed by atoms with van der Waals surface area (Å²) in [6, 6.07) is 12.2. The van der Waals surface area contributed by atoms with E-state index in [4.69, 9.17) is 9.15 Å². The number of benzene rings is 2. The Morgan fingerprint density at radius 3 is 2.63 bits per heavy atom. The van der Waals surface area contributed by atoms with Crippen molar-refractivity contribution in [3.63, 3.8) is 0 Å². The van der Waals surface area contributed by atoms with E-state index >= 15 is 0 Å². The molecule has 2 aromatic carbocycles. The summed E-state index contributed by atoms with van der Waals surface area (Å²) < 4.78 is 11.5. The molecular weight excluding hydrogens is 340 g/mol. The SMILES string of the molecule is Cc1c(C(=O)NCC(C)(C)N2CCOCC2)oc2c1ccc1ccccc12. The van der Waals surface area contributed by atoms with E-state index in [9.17, 15) is 4.79 Å². The molecule has 0 spiro atoms. The second-order valence-corrected chi connectivity index (χ2v) is 7.81. The molecule has 0 unspecified atom stereocenters. The Labute approximate surface area is 159 Å². The van der Waals surface area contributed by atoms with Gasteiger partial charge in [-0.05, 0) is 26.2 Å². The van der Waals surface area contributed by atoms with Crippen LogP contribution in [0, 0.1) is 6.92 Å². The largest absolute Gasteiger partial charge is 0.450 e. The standard InChI is InChI=1S/C22H26N2O3/c1-15-17-9-8-16-6-4-5-7-18(16)20(17)27-19(15)21(25)23-14-22(2,3)24-10-12-26-13-11-24/h4-9H,10-14H2,1-3H3,(H,23,25). The molecule has 1 N–H and O–H groups in total. The van der Waals surface area contributed by atoms with Crippen LogP contribution in [0.4, 0.5) is 0 Å². The molecule has 3 aromatic rings. The first-order valence-electron chi connectivity index (χ1n) is 9.49. The van der Waals surface area contributed by atoms with E-state index in [0.717, 1.165) is 53.6 Å². The second-order valence-electron chi connectivity index (χ2n) is 7.81. The van der Waals surface area contributed by atoms with Crippen LogP contribution in [0.2, 0.25) is 0 Å². The van der Waals surface area contributed by atoms with Crippen LogP contribution < -0.4 is 5.32 Å². The summed E-state index contributed by atoms with van der Waals surface area (Å²) >= 11 is 0. The topological polar surface area (TPSA) is 54.7 Å². The summed E-state index contributed by atoms with van der Waals surface area (Å²) in [6.07, 6.45) is 0. The number of carbonyl (C=O) groups is 1. The third-order valence-corrected chi connectivity index (χ3v) is 5.58. The van der Waals surface area contributed by atoms with E-state index < -0.39 is 0 Å². The highest BCUT2D eigenvalue weighted by Gasteiger charge is 2.29. The normalized spacial score (nSPS) is 16.1. The average Bonchev–Trinajstić information content (AvgIpc) is 3.04. The van der Waals surface area contributed by atoms with E-state index in [1.54, 1.807) is 0 Å². The molecule has 0 radical (unpaired) electrons. The van der Waals surface area contributed by atoms with Gasteiger partial charge in [-0.25, -0.2) is 0 Å². The van der Waals surface area contributed by atoms with E-state index in [-0.39, 0.29) is 11.4 Å². The highest BCUT2D eigenvalue weighted by atomic mass is 16.5. The fourth-order valence-corrected chi connectivity index (χ4v) is 3.82. The van der Waals surface area contributed by atoms with Gasteiger partial charge in [0.2, 0.25) is 0 Å². The lowest BCUT2D eigenvalue weighted by molar-refractivity contribution is -0.00929. The highest BCUT2D eigenvalue weighted by Crippen LogP contribution is 2.31. The Hall–Kier alpha value is -2.37. The van der Waals surface area contributed by atoms with Gasteiger partial charge < -0.3 is 14.5 Å². The van der Waals surface area contributed by atoms with Gasteiger partial charge in [0.25, 0.3) is 5.91 Å². The molecule has 1 saturated heterocycles. The van der Waals surface area contributed by atoms with Gasteiger partial charge in [0.05, 0.1) is 13.2 Å². The zero-order valence-corrected chi connectivity index (χ0v) is 16.2. The number of nitrogens with one attached hydrogen (secondary N) is 1. The predicted octanol–water partition coefficient (Wildman–Crippen LogP) is 3.74. The Balaban J connectivity index is 1.57. The van der Waals surface area contributed by atoms with Gasteiger partial charge in [-0.15, -0.1) is 0 Å². The van der Waals surface area contributed by atoms with Crippen LogP contribution in [0.3, 0.4) is 0 Å². The van der Waals surface area contributed by atoms with Crippen molar-refractivity contribution in [2.24, 2.45) is 0 Å². The first-order chi connectivity index (χ1) is 13.0. The molecular formula is C22H26N2O3. The van der Waals surface area contributed by atoms with Crippen LogP contribution in [0.25, 0.3) is 21.7 Å². The molecule has 0 saturated carbocycles. The predicted molar refractivity (Wildman–Crippen MR) is 107 cm³/mol. The van der Waals surface area contributed by atoms with Gasteiger partial charge in [-0.3, -0.25) is 9.69 Å². The van der Waals surface area contributed by atoms with Crippen LogP contribution in [0.15, 0.2) is 40.8 Å². The molecule has 1 fully saturated rings. The minimum atomic E-state index is -0.158. The number of amides is 1. The fraction of sp³-hybridized carbons (Fsp3) is 0.409. The fourth-order valence-electron chi connectivity index (χ4n) is 3.82. The smallest absolute Gasteiger partial charge is 0.287 e. The van der Waals surface area contributed by atoms with Gasteiger partial charge in [0.1, 0.15) is 5.58 Å². The number of nitrogens with zero attached hydrogens (tertiary/aromatic N) is 1. The number of fused-ring (bicyclic) bond motifs is 3. The number of ether oxygens (including phenoxy) is 1. The number of rotatable bonds is 4. The molecule has 142 valence electrons. The molecule has 2 heterocycles. The lowest BCUT2D eigenvalue weighted by atomic mass is 10.0. The van der Waals surface area contributed by atoms with Gasteiger partial charge in [-0.2, -0.15) is 0 Å². The molecule has 0 atom stereocenters. The lowest BCUT2D eigenvalue weighted by Gasteiger charge is -2.40. The summed E-state index contributed by atoms with van der Waals surface area (Å²) in [5.74, 6) is 0.244. The Morgan fingerprint density at radius 1 is 1.11 bits per heavy atom. The Bertz CT molecular complexity index is 984.